The summed E-state index contributed by atoms with van der Waals surface area (Å²) in [5.74, 6) is -0.684. The van der Waals surface area contributed by atoms with Gasteiger partial charge < -0.3 is 20.7 Å². The molecule has 0 radical (unpaired) electrons. The van der Waals surface area contributed by atoms with Crippen molar-refractivity contribution in [2.24, 2.45) is 10.7 Å². The molecule has 1 aliphatic rings. The largest absolute Gasteiger partial charge is 0.404 e. The van der Waals surface area contributed by atoms with Crippen LogP contribution < -0.4 is 16.0 Å². The SMILES string of the molecule is CN=C/C(=C\N)C1CN(c2cc(C(=O)Nc3ccc(C#N)cc3)nc(-c3ccc(Cl)cc3F)n2)CCO1. The molecule has 37 heavy (non-hydrogen) atoms. The second kappa shape index (κ2) is 11.6. The number of aromatic nitrogens is 2. The smallest absolute Gasteiger partial charge is 0.274 e. The minimum atomic E-state index is -0.615. The molecule has 1 fully saturated rings. The molecule has 1 aliphatic heterocycles. The van der Waals surface area contributed by atoms with Gasteiger partial charge >= 0.3 is 0 Å². The Bertz CT molecular complexity index is 1400. The number of nitrogens with one attached hydrogen (secondary N) is 1. The summed E-state index contributed by atoms with van der Waals surface area (Å²) in [7, 11) is 1.64. The summed E-state index contributed by atoms with van der Waals surface area (Å²) in [6.45, 7) is 1.24. The number of ether oxygens (including phenoxy) is 1. The van der Waals surface area contributed by atoms with Crippen molar-refractivity contribution >= 4 is 35.2 Å². The van der Waals surface area contributed by atoms with Crippen LogP contribution in [0.3, 0.4) is 0 Å². The van der Waals surface area contributed by atoms with Crippen LogP contribution in [0.15, 0.2) is 65.3 Å². The first-order valence-corrected chi connectivity index (χ1v) is 11.7. The highest BCUT2D eigenvalue weighted by Crippen LogP contribution is 2.27. The molecule has 9 nitrogen and oxygen atoms in total. The first-order chi connectivity index (χ1) is 17.9. The molecule has 188 valence electrons. The predicted molar refractivity (Wildman–Crippen MR) is 140 cm³/mol. The molecule has 1 saturated heterocycles. The number of nitriles is 1. The van der Waals surface area contributed by atoms with Gasteiger partial charge in [-0.1, -0.05) is 11.6 Å². The molecule has 3 aromatic rings. The van der Waals surface area contributed by atoms with Gasteiger partial charge in [-0.15, -0.1) is 0 Å². The Kier molecular flexibility index (Phi) is 8.08. The van der Waals surface area contributed by atoms with Gasteiger partial charge in [-0.2, -0.15) is 5.26 Å². The lowest BCUT2D eigenvalue weighted by molar-refractivity contribution is 0.0676. The van der Waals surface area contributed by atoms with Crippen molar-refractivity contribution < 1.29 is 13.9 Å². The van der Waals surface area contributed by atoms with E-state index in [1.807, 2.05) is 11.0 Å². The quantitative estimate of drug-likeness (QED) is 0.474. The number of hydrogen-bond acceptors (Lipinski definition) is 8. The Labute approximate surface area is 218 Å². The normalized spacial score (nSPS) is 16.0. The van der Waals surface area contributed by atoms with Crippen molar-refractivity contribution in [2.75, 3.05) is 37.0 Å². The van der Waals surface area contributed by atoms with E-state index in [1.165, 1.54) is 18.3 Å². The van der Waals surface area contributed by atoms with Crippen LogP contribution in [0.5, 0.6) is 0 Å². The van der Waals surface area contributed by atoms with E-state index < -0.39 is 11.7 Å². The van der Waals surface area contributed by atoms with E-state index in [0.29, 0.717) is 42.3 Å². The van der Waals surface area contributed by atoms with Crippen LogP contribution in [0.2, 0.25) is 5.02 Å². The van der Waals surface area contributed by atoms with E-state index in [1.54, 1.807) is 43.6 Å². The number of halogens is 2. The van der Waals surface area contributed by atoms with Gasteiger partial charge in [0.15, 0.2) is 5.82 Å². The standard InChI is InChI=1S/C26H23ClFN7O2/c1-31-14-17(13-30)23-15-35(8-9-37-23)24-11-22(26(36)32-19-5-2-16(12-29)3-6-19)33-25(34-24)20-7-4-18(27)10-21(20)28/h2-7,10-11,13-14,23H,8-9,15,30H2,1H3,(H,32,36)/b17-13+,31-14?. The van der Waals surface area contributed by atoms with Crippen LogP contribution in [-0.2, 0) is 4.74 Å². The number of nitrogens with zero attached hydrogens (tertiary/aromatic N) is 5. The molecule has 1 amide bonds. The molecule has 0 bridgehead atoms. The van der Waals surface area contributed by atoms with E-state index in [-0.39, 0.29) is 28.2 Å². The summed E-state index contributed by atoms with van der Waals surface area (Å²) >= 11 is 5.92. The molecule has 0 spiro atoms. The molecule has 11 heteroatoms. The fraction of sp³-hybridized carbons (Fsp3) is 0.192. The summed E-state index contributed by atoms with van der Waals surface area (Å²) in [5.41, 5.74) is 7.53. The Morgan fingerprint density at radius 1 is 1.30 bits per heavy atom. The van der Waals surface area contributed by atoms with Crippen LogP contribution in [-0.4, -0.2) is 54.9 Å². The number of nitrogens with two attached hydrogens (primary N) is 1. The van der Waals surface area contributed by atoms with Crippen LogP contribution in [0.4, 0.5) is 15.9 Å². The molecule has 0 saturated carbocycles. The highest BCUT2D eigenvalue weighted by molar-refractivity contribution is 6.30. The average Bonchev–Trinajstić information content (AvgIpc) is 2.92. The first kappa shape index (κ1) is 25.8. The number of hydrogen-bond donors (Lipinski definition) is 2. The van der Waals surface area contributed by atoms with E-state index >= 15 is 0 Å². The third-order valence-corrected chi connectivity index (χ3v) is 5.86. The van der Waals surface area contributed by atoms with E-state index in [9.17, 15) is 9.18 Å². The second-order valence-corrected chi connectivity index (χ2v) is 8.50. The summed E-state index contributed by atoms with van der Waals surface area (Å²) in [5, 5.41) is 12.0. The average molecular weight is 520 g/mol. The number of rotatable bonds is 6. The van der Waals surface area contributed by atoms with Crippen molar-refractivity contribution in [3.05, 3.63) is 82.4 Å². The van der Waals surface area contributed by atoms with Gasteiger partial charge in [-0.05, 0) is 42.5 Å². The molecule has 1 aromatic heterocycles. The molecule has 3 N–H and O–H groups in total. The molecule has 1 unspecified atom stereocenters. The van der Waals surface area contributed by atoms with Gasteiger partial charge in [-0.25, -0.2) is 14.4 Å². The maximum Gasteiger partial charge on any atom is 0.274 e. The molecule has 1 atom stereocenters. The third-order valence-electron chi connectivity index (χ3n) is 5.62. The molecule has 4 rings (SSSR count). The lowest BCUT2D eigenvalue weighted by atomic mass is 10.1. The van der Waals surface area contributed by atoms with Crippen molar-refractivity contribution in [2.45, 2.75) is 6.10 Å². The maximum absolute atomic E-state index is 14.8. The number of anilines is 2. The Morgan fingerprint density at radius 3 is 2.76 bits per heavy atom. The minimum Gasteiger partial charge on any atom is -0.404 e. The number of aliphatic imine (C=N–C) groups is 1. The Hall–Kier alpha value is -4.33. The Balaban J connectivity index is 1.72. The summed E-state index contributed by atoms with van der Waals surface area (Å²) in [4.78, 5) is 28.0. The zero-order valence-electron chi connectivity index (χ0n) is 19.9. The van der Waals surface area contributed by atoms with Gasteiger partial charge in [-0.3, -0.25) is 9.79 Å². The first-order valence-electron chi connectivity index (χ1n) is 11.3. The van der Waals surface area contributed by atoms with Crippen LogP contribution in [0.1, 0.15) is 16.1 Å². The number of morpholine rings is 1. The second-order valence-electron chi connectivity index (χ2n) is 8.06. The third kappa shape index (κ3) is 6.09. The highest BCUT2D eigenvalue weighted by atomic mass is 35.5. The number of benzene rings is 2. The monoisotopic (exact) mass is 519 g/mol. The number of amides is 1. The van der Waals surface area contributed by atoms with Crippen LogP contribution >= 0.6 is 11.6 Å². The maximum atomic E-state index is 14.8. The van der Waals surface area contributed by atoms with Crippen molar-refractivity contribution in [1.82, 2.24) is 9.97 Å². The van der Waals surface area contributed by atoms with E-state index in [4.69, 9.17) is 27.3 Å². The van der Waals surface area contributed by atoms with Crippen molar-refractivity contribution in [3.63, 3.8) is 0 Å². The zero-order valence-corrected chi connectivity index (χ0v) is 20.6. The van der Waals surface area contributed by atoms with Gasteiger partial charge in [0.05, 0.1) is 23.8 Å². The molecular weight excluding hydrogens is 497 g/mol. The summed E-state index contributed by atoms with van der Waals surface area (Å²) in [6.07, 6.45) is 2.69. The molecule has 2 heterocycles. The molecule has 0 aliphatic carbocycles. The van der Waals surface area contributed by atoms with Crippen LogP contribution in [0.25, 0.3) is 11.4 Å². The van der Waals surface area contributed by atoms with Crippen molar-refractivity contribution in [3.8, 4) is 17.5 Å². The van der Waals surface area contributed by atoms with E-state index in [0.717, 1.165) is 6.07 Å². The van der Waals surface area contributed by atoms with Gasteiger partial charge in [0.25, 0.3) is 5.91 Å². The fourth-order valence-electron chi connectivity index (χ4n) is 3.77. The fourth-order valence-corrected chi connectivity index (χ4v) is 3.93. The topological polar surface area (TPSA) is 130 Å². The Morgan fingerprint density at radius 2 is 2.08 bits per heavy atom. The predicted octanol–water partition coefficient (Wildman–Crippen LogP) is 3.81. The van der Waals surface area contributed by atoms with Gasteiger partial charge in [0, 0.05) is 54.9 Å². The molecule has 2 aromatic carbocycles. The zero-order chi connectivity index (χ0) is 26.4. The van der Waals surface area contributed by atoms with Gasteiger partial charge in [0.1, 0.15) is 23.4 Å². The lowest BCUT2D eigenvalue weighted by Crippen LogP contribution is -2.44. The van der Waals surface area contributed by atoms with Gasteiger partial charge in [0.2, 0.25) is 0 Å². The van der Waals surface area contributed by atoms with Crippen LogP contribution in [0, 0.1) is 17.1 Å². The van der Waals surface area contributed by atoms with Crippen molar-refractivity contribution in [1.29, 1.82) is 5.26 Å². The summed E-state index contributed by atoms with van der Waals surface area (Å²) < 4.78 is 20.7. The minimum absolute atomic E-state index is 0.0319. The number of carbonyl (C=O) groups is 1. The summed E-state index contributed by atoms with van der Waals surface area (Å²) in [6, 6.07) is 14.1. The highest BCUT2D eigenvalue weighted by Gasteiger charge is 2.26. The number of carbonyl (C=O) groups excluding carboxylic acids is 1. The lowest BCUT2D eigenvalue weighted by Gasteiger charge is -2.34. The molecular formula is C26H23ClFN7O2. The van der Waals surface area contributed by atoms with E-state index in [2.05, 4.69) is 20.3 Å².